The van der Waals surface area contributed by atoms with Gasteiger partial charge in [0, 0.05) is 10.6 Å². The molecule has 1 unspecified atom stereocenters. The summed E-state index contributed by atoms with van der Waals surface area (Å²) in [6, 6.07) is 4.39. The molecule has 1 atom stereocenters. The van der Waals surface area contributed by atoms with Crippen molar-refractivity contribution in [2.24, 2.45) is 11.3 Å². The Labute approximate surface area is 191 Å². The van der Waals surface area contributed by atoms with E-state index in [1.165, 1.54) is 11.3 Å². The second-order valence-electron chi connectivity index (χ2n) is 8.44. The zero-order chi connectivity index (χ0) is 22.1. The maximum absolute atomic E-state index is 12.7. The second-order valence-corrected chi connectivity index (χ2v) is 10.4. The highest BCUT2D eigenvalue weighted by Gasteiger charge is 2.34. The minimum Gasteiger partial charge on any atom is -0.462 e. The molecular weight excluding hydrogens is 443 g/mol. The van der Waals surface area contributed by atoms with Crippen molar-refractivity contribution in [1.29, 1.82) is 0 Å². The van der Waals surface area contributed by atoms with Gasteiger partial charge in [0.15, 0.2) is 0 Å². The lowest BCUT2D eigenvalue weighted by Gasteiger charge is -2.33. The Morgan fingerprint density at radius 3 is 2.57 bits per heavy atom. The van der Waals surface area contributed by atoms with Crippen LogP contribution in [0.1, 0.15) is 54.9 Å². The molecule has 30 heavy (non-hydrogen) atoms. The summed E-state index contributed by atoms with van der Waals surface area (Å²) in [5, 5.41) is 6.84. The Bertz CT molecular complexity index is 966. The molecule has 0 saturated carbocycles. The predicted octanol–water partition coefficient (Wildman–Crippen LogP) is 7.03. The Morgan fingerprint density at radius 1 is 1.20 bits per heavy atom. The highest BCUT2D eigenvalue weighted by atomic mass is 35.5. The molecule has 1 aliphatic rings. The molecule has 0 saturated heterocycles. The second kappa shape index (κ2) is 9.16. The highest BCUT2D eigenvalue weighted by Crippen LogP contribution is 2.44. The van der Waals surface area contributed by atoms with E-state index in [2.05, 4.69) is 31.4 Å². The monoisotopic (exact) mass is 468 g/mol. The fourth-order valence-corrected chi connectivity index (χ4v) is 5.28. The summed E-state index contributed by atoms with van der Waals surface area (Å²) in [4.78, 5) is 26.4. The minimum atomic E-state index is -0.454. The number of amides is 2. The minimum absolute atomic E-state index is 0.185. The van der Waals surface area contributed by atoms with Crippen molar-refractivity contribution in [3.05, 3.63) is 44.2 Å². The van der Waals surface area contributed by atoms with Gasteiger partial charge in [-0.05, 0) is 61.3 Å². The molecule has 1 aliphatic carbocycles. The number of carbonyl (C=O) groups excluding carboxylic acids is 2. The topological polar surface area (TPSA) is 67.4 Å². The summed E-state index contributed by atoms with van der Waals surface area (Å²) in [7, 11) is 0. The van der Waals surface area contributed by atoms with Crippen molar-refractivity contribution in [2.45, 2.75) is 47.0 Å². The molecule has 1 heterocycles. The molecule has 2 aromatic rings. The molecular formula is C22H26Cl2N2O3S. The number of thiophene rings is 1. The number of fused-ring (bicyclic) bond motifs is 1. The molecule has 1 aromatic heterocycles. The summed E-state index contributed by atoms with van der Waals surface area (Å²) < 4.78 is 5.28. The standard InChI is InChI=1S/C22H26Cl2N2O3S/c1-5-29-20(27)18-14-8-6-12(22(2,3)4)10-17(14)30-19(18)26-21(28)25-13-7-9-15(23)16(24)11-13/h7,9,11-12H,5-6,8,10H2,1-4H3,(H2,25,26,28). The van der Waals surface area contributed by atoms with E-state index in [0.29, 0.717) is 32.2 Å². The highest BCUT2D eigenvalue weighted by molar-refractivity contribution is 7.17. The number of rotatable bonds is 4. The van der Waals surface area contributed by atoms with Crippen molar-refractivity contribution < 1.29 is 14.3 Å². The van der Waals surface area contributed by atoms with Crippen LogP contribution in [-0.2, 0) is 17.6 Å². The summed E-state index contributed by atoms with van der Waals surface area (Å²) in [6.07, 6.45) is 2.71. The third-order valence-electron chi connectivity index (χ3n) is 5.37. The third-order valence-corrected chi connectivity index (χ3v) is 7.28. The number of esters is 1. The van der Waals surface area contributed by atoms with Crippen molar-refractivity contribution in [3.8, 4) is 0 Å². The number of urea groups is 1. The largest absolute Gasteiger partial charge is 0.462 e. The quantitative estimate of drug-likeness (QED) is 0.473. The Morgan fingerprint density at radius 2 is 1.93 bits per heavy atom. The molecule has 3 rings (SSSR count). The van der Waals surface area contributed by atoms with Crippen LogP contribution in [0.5, 0.6) is 0 Å². The van der Waals surface area contributed by atoms with Crippen LogP contribution in [0.25, 0.3) is 0 Å². The number of hydrogen-bond donors (Lipinski definition) is 2. The Hall–Kier alpha value is -1.76. The van der Waals surface area contributed by atoms with Crippen LogP contribution < -0.4 is 10.6 Å². The molecule has 0 radical (unpaired) electrons. The van der Waals surface area contributed by atoms with Crippen LogP contribution in [0, 0.1) is 11.3 Å². The summed E-state index contributed by atoms with van der Waals surface area (Å²) >= 11 is 13.4. The van der Waals surface area contributed by atoms with E-state index in [1.54, 1.807) is 25.1 Å². The smallest absolute Gasteiger partial charge is 0.341 e. The van der Waals surface area contributed by atoms with Gasteiger partial charge in [-0.1, -0.05) is 44.0 Å². The Kier molecular flexibility index (Phi) is 7.00. The van der Waals surface area contributed by atoms with Gasteiger partial charge in [0.2, 0.25) is 0 Å². The number of ether oxygens (including phenoxy) is 1. The normalized spacial score (nSPS) is 16.0. The summed E-state index contributed by atoms with van der Waals surface area (Å²) in [5.41, 5.74) is 2.18. The van der Waals surface area contributed by atoms with E-state index in [0.717, 1.165) is 29.7 Å². The number of anilines is 2. The van der Waals surface area contributed by atoms with Crippen LogP contribution in [0.4, 0.5) is 15.5 Å². The Balaban J connectivity index is 1.86. The molecule has 5 nitrogen and oxygen atoms in total. The molecule has 0 fully saturated rings. The van der Waals surface area contributed by atoms with Crippen molar-refractivity contribution in [3.63, 3.8) is 0 Å². The van der Waals surface area contributed by atoms with Crippen LogP contribution in [0.3, 0.4) is 0 Å². The number of benzene rings is 1. The van der Waals surface area contributed by atoms with E-state index in [-0.39, 0.29) is 12.0 Å². The lowest BCUT2D eigenvalue weighted by atomic mass is 9.72. The van der Waals surface area contributed by atoms with Gasteiger partial charge in [-0.3, -0.25) is 5.32 Å². The van der Waals surface area contributed by atoms with Crippen LogP contribution >= 0.6 is 34.5 Å². The average Bonchev–Trinajstić information content (AvgIpc) is 3.01. The number of hydrogen-bond acceptors (Lipinski definition) is 4. The van der Waals surface area contributed by atoms with Crippen LogP contribution in [-0.4, -0.2) is 18.6 Å². The van der Waals surface area contributed by atoms with E-state index < -0.39 is 12.0 Å². The number of carbonyl (C=O) groups is 2. The van der Waals surface area contributed by atoms with E-state index >= 15 is 0 Å². The molecule has 0 bridgehead atoms. The van der Waals surface area contributed by atoms with Crippen LogP contribution in [0.2, 0.25) is 10.0 Å². The van der Waals surface area contributed by atoms with E-state index in [1.807, 2.05) is 0 Å². The number of halogens is 2. The zero-order valence-electron chi connectivity index (χ0n) is 17.5. The van der Waals surface area contributed by atoms with Crippen molar-refractivity contribution >= 4 is 57.2 Å². The van der Waals surface area contributed by atoms with Gasteiger partial charge >= 0.3 is 12.0 Å². The van der Waals surface area contributed by atoms with Crippen molar-refractivity contribution in [2.75, 3.05) is 17.2 Å². The van der Waals surface area contributed by atoms with Gasteiger partial charge in [0.1, 0.15) is 5.00 Å². The molecule has 2 N–H and O–H groups in total. The van der Waals surface area contributed by atoms with Crippen molar-refractivity contribution in [1.82, 2.24) is 0 Å². The maximum Gasteiger partial charge on any atom is 0.341 e. The van der Waals surface area contributed by atoms with Gasteiger partial charge < -0.3 is 10.1 Å². The zero-order valence-corrected chi connectivity index (χ0v) is 19.9. The predicted molar refractivity (Wildman–Crippen MR) is 124 cm³/mol. The number of nitrogens with one attached hydrogen (secondary N) is 2. The summed E-state index contributed by atoms with van der Waals surface area (Å²) in [5.74, 6) is 0.130. The van der Waals surface area contributed by atoms with Gasteiger partial charge in [0.05, 0.1) is 22.2 Å². The molecule has 0 aliphatic heterocycles. The third kappa shape index (κ3) is 5.10. The molecule has 2 amide bonds. The first-order chi connectivity index (χ1) is 14.1. The van der Waals surface area contributed by atoms with Gasteiger partial charge in [0.25, 0.3) is 0 Å². The fourth-order valence-electron chi connectivity index (χ4n) is 3.67. The fraction of sp³-hybridized carbons (Fsp3) is 0.455. The van der Waals surface area contributed by atoms with E-state index in [4.69, 9.17) is 27.9 Å². The molecule has 0 spiro atoms. The first-order valence-electron chi connectivity index (χ1n) is 9.94. The first kappa shape index (κ1) is 22.9. The lowest BCUT2D eigenvalue weighted by Crippen LogP contribution is -2.26. The molecule has 8 heteroatoms. The SMILES string of the molecule is CCOC(=O)c1c(NC(=O)Nc2ccc(Cl)c(Cl)c2)sc2c1CCC(C(C)(C)C)C2. The van der Waals surface area contributed by atoms with Gasteiger partial charge in [-0.15, -0.1) is 11.3 Å². The molecule has 162 valence electrons. The first-order valence-corrected chi connectivity index (χ1v) is 11.5. The summed E-state index contributed by atoms with van der Waals surface area (Å²) in [6.45, 7) is 8.78. The average molecular weight is 469 g/mol. The van der Waals surface area contributed by atoms with Crippen LogP contribution in [0.15, 0.2) is 18.2 Å². The van der Waals surface area contributed by atoms with Gasteiger partial charge in [-0.2, -0.15) is 0 Å². The lowest BCUT2D eigenvalue weighted by molar-refractivity contribution is 0.0526. The molecule has 1 aromatic carbocycles. The maximum atomic E-state index is 12.7. The van der Waals surface area contributed by atoms with Gasteiger partial charge in [-0.25, -0.2) is 9.59 Å². The van der Waals surface area contributed by atoms with E-state index in [9.17, 15) is 9.59 Å².